The third-order valence-electron chi connectivity index (χ3n) is 6.09. The van der Waals surface area contributed by atoms with Crippen molar-refractivity contribution in [2.75, 3.05) is 12.3 Å². The summed E-state index contributed by atoms with van der Waals surface area (Å²) in [6.45, 7) is 4.73. The lowest BCUT2D eigenvalue weighted by molar-refractivity contribution is 0.0153. The fraction of sp³-hybridized carbons (Fsp3) is 0.500. The fourth-order valence-corrected chi connectivity index (χ4v) is 4.33. The maximum atomic E-state index is 9.96. The number of rotatable bonds is 2. The average molecular weight is 375 g/mol. The highest BCUT2D eigenvalue weighted by atomic mass is 16.5. The minimum Gasteiger partial charge on any atom is -0.370 e. The maximum Gasteiger partial charge on any atom is 0.219 e. The van der Waals surface area contributed by atoms with Gasteiger partial charge in [-0.25, -0.2) is 19.9 Å². The van der Waals surface area contributed by atoms with Gasteiger partial charge in [-0.1, -0.05) is 0 Å². The second-order valence-electron chi connectivity index (χ2n) is 8.20. The summed E-state index contributed by atoms with van der Waals surface area (Å²) in [5.74, 6) is 0.815. The zero-order chi connectivity index (χ0) is 19.5. The lowest BCUT2D eigenvalue weighted by atomic mass is 9.67. The molecule has 2 aromatic heterocycles. The van der Waals surface area contributed by atoms with Gasteiger partial charge < -0.3 is 10.5 Å². The Kier molecular flexibility index (Phi) is 3.55. The summed E-state index contributed by atoms with van der Waals surface area (Å²) < 4.78 is 5.95. The topological polar surface area (TPSA) is 123 Å². The van der Waals surface area contributed by atoms with E-state index in [2.05, 4.69) is 16.0 Å². The largest absolute Gasteiger partial charge is 0.370 e. The summed E-state index contributed by atoms with van der Waals surface area (Å²) in [7, 11) is 0. The van der Waals surface area contributed by atoms with Crippen LogP contribution >= 0.6 is 0 Å². The molecule has 0 aromatic carbocycles. The second-order valence-corrected chi connectivity index (χ2v) is 8.20. The first-order valence-corrected chi connectivity index (χ1v) is 9.58. The Morgan fingerprint density at radius 2 is 1.96 bits per heavy atom. The summed E-state index contributed by atoms with van der Waals surface area (Å²) in [6.07, 6.45) is 6.67. The molecule has 1 aliphatic carbocycles. The van der Waals surface area contributed by atoms with Crippen LogP contribution in [0.3, 0.4) is 0 Å². The Hall–Kier alpha value is -2.92. The lowest BCUT2D eigenvalue weighted by Crippen LogP contribution is -2.42. The van der Waals surface area contributed by atoms with Crippen LogP contribution in [0.2, 0.25) is 0 Å². The number of aromatic nitrogens is 4. The van der Waals surface area contributed by atoms with Crippen LogP contribution < -0.4 is 5.73 Å². The first-order chi connectivity index (χ1) is 13.4. The molecule has 142 valence electrons. The van der Waals surface area contributed by atoms with Crippen molar-refractivity contribution in [3.05, 3.63) is 23.8 Å². The van der Waals surface area contributed by atoms with Crippen LogP contribution in [0.4, 0.5) is 11.6 Å². The molecule has 3 aliphatic rings. The Morgan fingerprint density at radius 3 is 2.61 bits per heavy atom. The van der Waals surface area contributed by atoms with E-state index in [1.54, 1.807) is 12.4 Å². The molecule has 2 aliphatic heterocycles. The maximum absolute atomic E-state index is 9.96. The van der Waals surface area contributed by atoms with Crippen molar-refractivity contribution in [1.82, 2.24) is 19.9 Å². The van der Waals surface area contributed by atoms with Crippen LogP contribution in [0.25, 0.3) is 11.4 Å². The molecule has 1 atom stereocenters. The predicted molar refractivity (Wildman–Crippen MR) is 103 cm³/mol. The van der Waals surface area contributed by atoms with Crippen LogP contribution in [0.5, 0.6) is 0 Å². The zero-order valence-electron chi connectivity index (χ0n) is 15.9. The molecule has 0 bridgehead atoms. The van der Waals surface area contributed by atoms with Crippen molar-refractivity contribution in [3.8, 4) is 17.5 Å². The molecule has 0 amide bonds. The number of nitrogens with zero attached hydrogens (tertiary/aromatic N) is 6. The van der Waals surface area contributed by atoms with E-state index in [1.807, 2.05) is 13.8 Å². The molecule has 1 saturated carbocycles. The molecule has 5 rings (SSSR count). The number of hydrogen-bond acceptors (Lipinski definition) is 8. The standard InChI is InChI=1S/C20H21N7O/c1-19(2)15-12(4-7-28-19)13-14(25-15)16(20(10-21)5-3-6-20)27-17(26-13)11-8-23-18(22)24-9-11/h8-9,12H,3-7H2,1-2H3,(H2,22,23,24). The molecule has 1 saturated heterocycles. The third kappa shape index (κ3) is 2.36. The monoisotopic (exact) mass is 375 g/mol. The number of nitrogens with two attached hydrogens (primary N) is 1. The number of anilines is 1. The fourth-order valence-electron chi connectivity index (χ4n) is 4.33. The minimum atomic E-state index is -0.598. The van der Waals surface area contributed by atoms with Gasteiger partial charge in [-0.05, 0) is 39.5 Å². The molecule has 2 aromatic rings. The van der Waals surface area contributed by atoms with Gasteiger partial charge in [0.05, 0.1) is 28.7 Å². The quantitative estimate of drug-likeness (QED) is 0.856. The van der Waals surface area contributed by atoms with Gasteiger partial charge in [-0.3, -0.25) is 4.99 Å². The van der Waals surface area contributed by atoms with E-state index >= 15 is 0 Å². The van der Waals surface area contributed by atoms with E-state index in [0.29, 0.717) is 18.0 Å². The van der Waals surface area contributed by atoms with Gasteiger partial charge in [-0.2, -0.15) is 5.26 Å². The highest BCUT2D eigenvalue weighted by Gasteiger charge is 2.48. The summed E-state index contributed by atoms with van der Waals surface area (Å²) in [5, 5.41) is 9.96. The summed E-state index contributed by atoms with van der Waals surface area (Å²) in [4.78, 5) is 22.8. The van der Waals surface area contributed by atoms with Crippen molar-refractivity contribution in [2.24, 2.45) is 4.99 Å². The Labute approximate surface area is 162 Å². The highest BCUT2D eigenvalue weighted by molar-refractivity contribution is 6.04. The van der Waals surface area contributed by atoms with Gasteiger partial charge in [-0.15, -0.1) is 0 Å². The average Bonchev–Trinajstić information content (AvgIpc) is 3.02. The number of hydrogen-bond donors (Lipinski definition) is 1. The van der Waals surface area contributed by atoms with Crippen molar-refractivity contribution in [3.63, 3.8) is 0 Å². The van der Waals surface area contributed by atoms with Crippen LogP contribution in [-0.4, -0.2) is 37.9 Å². The first-order valence-electron chi connectivity index (χ1n) is 9.58. The van der Waals surface area contributed by atoms with Crippen molar-refractivity contribution < 1.29 is 4.74 Å². The first kappa shape index (κ1) is 17.2. The van der Waals surface area contributed by atoms with Gasteiger partial charge in [0.2, 0.25) is 5.95 Å². The van der Waals surface area contributed by atoms with E-state index in [1.165, 1.54) is 0 Å². The molecular formula is C20H21N7O. The molecule has 8 heteroatoms. The highest BCUT2D eigenvalue weighted by Crippen LogP contribution is 2.52. The third-order valence-corrected chi connectivity index (χ3v) is 6.09. The Balaban J connectivity index is 1.73. The molecule has 0 radical (unpaired) electrons. The van der Waals surface area contributed by atoms with Gasteiger partial charge >= 0.3 is 0 Å². The van der Waals surface area contributed by atoms with Gasteiger partial charge in [0.1, 0.15) is 16.7 Å². The molecule has 4 heterocycles. The summed E-state index contributed by atoms with van der Waals surface area (Å²) in [6, 6.07) is 2.51. The van der Waals surface area contributed by atoms with E-state index in [4.69, 9.17) is 25.4 Å². The number of aliphatic imine (C=N–C) groups is 1. The van der Waals surface area contributed by atoms with Gasteiger partial charge in [0.15, 0.2) is 5.82 Å². The lowest BCUT2D eigenvalue weighted by Gasteiger charge is -2.35. The second kappa shape index (κ2) is 5.79. The number of ether oxygens (including phenoxy) is 1. The molecule has 28 heavy (non-hydrogen) atoms. The van der Waals surface area contributed by atoms with Crippen LogP contribution in [0, 0.1) is 11.3 Å². The summed E-state index contributed by atoms with van der Waals surface area (Å²) in [5.41, 5.74) is 8.62. The number of fused-ring (bicyclic) bond motifs is 3. The van der Waals surface area contributed by atoms with Crippen LogP contribution in [0.1, 0.15) is 56.8 Å². The van der Waals surface area contributed by atoms with Crippen molar-refractivity contribution in [2.45, 2.75) is 56.5 Å². The normalized spacial score (nSPS) is 23.8. The van der Waals surface area contributed by atoms with E-state index in [9.17, 15) is 5.26 Å². The SMILES string of the molecule is CC1(C)OCCC2C1=Nc1c2nc(-c2cnc(N)nc2)nc1C1(C#N)CCC1. The Bertz CT molecular complexity index is 1030. The molecule has 0 spiro atoms. The summed E-state index contributed by atoms with van der Waals surface area (Å²) >= 11 is 0. The zero-order valence-corrected chi connectivity index (χ0v) is 15.9. The smallest absolute Gasteiger partial charge is 0.219 e. The minimum absolute atomic E-state index is 0.0877. The Morgan fingerprint density at radius 1 is 1.21 bits per heavy atom. The van der Waals surface area contributed by atoms with Crippen LogP contribution in [0.15, 0.2) is 17.4 Å². The van der Waals surface area contributed by atoms with E-state index in [0.717, 1.165) is 48.5 Å². The van der Waals surface area contributed by atoms with Crippen LogP contribution in [-0.2, 0) is 10.2 Å². The number of nitriles is 1. The molecule has 8 nitrogen and oxygen atoms in total. The van der Waals surface area contributed by atoms with E-state index in [-0.39, 0.29) is 11.9 Å². The van der Waals surface area contributed by atoms with Gasteiger partial charge in [0, 0.05) is 24.9 Å². The molecule has 2 N–H and O–H groups in total. The van der Waals surface area contributed by atoms with Crippen molar-refractivity contribution >= 4 is 17.3 Å². The van der Waals surface area contributed by atoms with E-state index < -0.39 is 11.0 Å². The number of nitrogen functional groups attached to an aromatic ring is 1. The van der Waals surface area contributed by atoms with Gasteiger partial charge in [0.25, 0.3) is 0 Å². The van der Waals surface area contributed by atoms with Crippen molar-refractivity contribution in [1.29, 1.82) is 5.26 Å². The molecule has 1 unspecified atom stereocenters. The molecular weight excluding hydrogens is 354 g/mol. The predicted octanol–water partition coefficient (Wildman–Crippen LogP) is 2.83. The molecule has 2 fully saturated rings.